The molecule has 1 aliphatic heterocycles. The van der Waals surface area contributed by atoms with Crippen LogP contribution in [0.1, 0.15) is 61.6 Å². The zero-order valence-corrected chi connectivity index (χ0v) is 14.3. The average Bonchev–Trinajstić information content (AvgIpc) is 2.99. The Morgan fingerprint density at radius 1 is 1.21 bits per heavy atom. The number of amides is 1. The Balaban J connectivity index is 1.37. The Morgan fingerprint density at radius 3 is 2.50 bits per heavy atom. The SMILES string of the molecule is O=C([C@H]1CCCC12CC2)N1CCC(c2nc(C(F)(F)F)cs2)CC1. The van der Waals surface area contributed by atoms with Crippen LogP contribution in [-0.2, 0) is 11.0 Å². The highest BCUT2D eigenvalue weighted by Crippen LogP contribution is 2.61. The third-order valence-corrected chi connectivity index (χ3v) is 7.07. The largest absolute Gasteiger partial charge is 0.434 e. The number of aromatic nitrogens is 1. The maximum absolute atomic E-state index is 12.8. The van der Waals surface area contributed by atoms with Gasteiger partial charge in [-0.15, -0.1) is 11.3 Å². The fourth-order valence-corrected chi connectivity index (χ4v) is 5.45. The van der Waals surface area contributed by atoms with Gasteiger partial charge in [-0.3, -0.25) is 4.79 Å². The van der Waals surface area contributed by atoms with Crippen molar-refractivity contribution in [3.05, 3.63) is 16.1 Å². The maximum Gasteiger partial charge on any atom is 0.434 e. The van der Waals surface area contributed by atoms with E-state index in [1.165, 1.54) is 19.3 Å². The van der Waals surface area contributed by atoms with Gasteiger partial charge in [0.05, 0.1) is 5.01 Å². The number of alkyl halides is 3. The Morgan fingerprint density at radius 2 is 1.92 bits per heavy atom. The lowest BCUT2D eigenvalue weighted by Gasteiger charge is -2.34. The molecule has 7 heteroatoms. The van der Waals surface area contributed by atoms with Crippen molar-refractivity contribution in [3.8, 4) is 0 Å². The lowest BCUT2D eigenvalue weighted by atomic mass is 9.89. The minimum atomic E-state index is -4.37. The molecule has 2 saturated carbocycles. The molecule has 2 aliphatic carbocycles. The van der Waals surface area contributed by atoms with Crippen LogP contribution >= 0.6 is 11.3 Å². The lowest BCUT2D eigenvalue weighted by Crippen LogP contribution is -2.42. The van der Waals surface area contributed by atoms with Crippen molar-refractivity contribution in [1.29, 1.82) is 0 Å². The topological polar surface area (TPSA) is 33.2 Å². The van der Waals surface area contributed by atoms with Crippen LogP contribution in [0.15, 0.2) is 5.38 Å². The van der Waals surface area contributed by atoms with Crippen LogP contribution in [-0.4, -0.2) is 28.9 Å². The lowest BCUT2D eigenvalue weighted by molar-refractivity contribution is -0.140. The van der Waals surface area contributed by atoms with E-state index in [-0.39, 0.29) is 11.8 Å². The second-order valence-electron chi connectivity index (χ2n) is 7.48. The van der Waals surface area contributed by atoms with Crippen molar-refractivity contribution < 1.29 is 18.0 Å². The number of likely N-dealkylation sites (tertiary alicyclic amines) is 1. The van der Waals surface area contributed by atoms with Gasteiger partial charge in [0.15, 0.2) is 5.69 Å². The first-order valence-electron chi connectivity index (χ1n) is 8.70. The second-order valence-corrected chi connectivity index (χ2v) is 8.37. The summed E-state index contributed by atoms with van der Waals surface area (Å²) in [4.78, 5) is 18.5. The average molecular weight is 358 g/mol. The number of rotatable bonds is 2. The Kier molecular flexibility index (Phi) is 3.90. The molecule has 3 aliphatic rings. The molecule has 1 saturated heterocycles. The molecule has 1 aromatic rings. The highest BCUT2D eigenvalue weighted by molar-refractivity contribution is 7.09. The zero-order valence-electron chi connectivity index (χ0n) is 13.4. The maximum atomic E-state index is 12.8. The van der Waals surface area contributed by atoms with E-state index in [1.807, 2.05) is 4.90 Å². The van der Waals surface area contributed by atoms with Gasteiger partial charge in [-0.05, 0) is 43.9 Å². The highest BCUT2D eigenvalue weighted by atomic mass is 32.1. The van der Waals surface area contributed by atoms with Gasteiger partial charge in [-0.2, -0.15) is 13.2 Å². The van der Waals surface area contributed by atoms with Crippen molar-refractivity contribution in [3.63, 3.8) is 0 Å². The van der Waals surface area contributed by atoms with Crippen LogP contribution in [0.3, 0.4) is 0 Å². The fraction of sp³-hybridized carbons (Fsp3) is 0.765. The Bertz CT molecular complexity index is 630. The van der Waals surface area contributed by atoms with E-state index in [1.54, 1.807) is 0 Å². The molecule has 3 nitrogen and oxygen atoms in total. The number of piperidine rings is 1. The molecule has 2 heterocycles. The first-order chi connectivity index (χ1) is 11.4. The Labute approximate surface area is 143 Å². The van der Waals surface area contributed by atoms with Gasteiger partial charge in [-0.1, -0.05) is 6.42 Å². The van der Waals surface area contributed by atoms with Gasteiger partial charge in [0.25, 0.3) is 0 Å². The molecule has 0 radical (unpaired) electrons. The number of hydrogen-bond acceptors (Lipinski definition) is 3. The van der Waals surface area contributed by atoms with Crippen LogP contribution in [0.2, 0.25) is 0 Å². The van der Waals surface area contributed by atoms with Crippen molar-refractivity contribution in [2.75, 3.05) is 13.1 Å². The molecule has 1 aromatic heterocycles. The molecule has 0 N–H and O–H groups in total. The summed E-state index contributed by atoms with van der Waals surface area (Å²) in [6, 6.07) is 0. The van der Waals surface area contributed by atoms with Gasteiger partial charge in [0.1, 0.15) is 0 Å². The zero-order chi connectivity index (χ0) is 16.9. The summed E-state index contributed by atoms with van der Waals surface area (Å²) in [5.41, 5.74) is -0.479. The third kappa shape index (κ3) is 2.85. The quantitative estimate of drug-likeness (QED) is 0.783. The van der Waals surface area contributed by atoms with Crippen molar-refractivity contribution >= 4 is 17.2 Å². The normalized spacial score (nSPS) is 27.0. The first kappa shape index (κ1) is 16.4. The summed E-state index contributed by atoms with van der Waals surface area (Å²) >= 11 is 1.09. The predicted octanol–water partition coefficient (Wildman–Crippen LogP) is 4.45. The fourth-order valence-electron chi connectivity index (χ4n) is 4.46. The van der Waals surface area contributed by atoms with Gasteiger partial charge < -0.3 is 4.90 Å². The summed E-state index contributed by atoms with van der Waals surface area (Å²) in [7, 11) is 0. The molecule has 1 atom stereocenters. The van der Waals surface area contributed by atoms with Crippen molar-refractivity contribution in [2.24, 2.45) is 11.3 Å². The number of nitrogens with zero attached hydrogens (tertiary/aromatic N) is 2. The van der Waals surface area contributed by atoms with Crippen LogP contribution in [0.25, 0.3) is 0 Å². The van der Waals surface area contributed by atoms with Crippen LogP contribution in [0.4, 0.5) is 13.2 Å². The molecule has 0 bridgehead atoms. The molecule has 3 fully saturated rings. The molecular formula is C17H21F3N2OS. The van der Waals surface area contributed by atoms with Crippen LogP contribution in [0, 0.1) is 11.3 Å². The van der Waals surface area contributed by atoms with E-state index in [4.69, 9.17) is 0 Å². The van der Waals surface area contributed by atoms with E-state index in [2.05, 4.69) is 4.98 Å². The van der Waals surface area contributed by atoms with E-state index >= 15 is 0 Å². The molecule has 0 unspecified atom stereocenters. The summed E-state index contributed by atoms with van der Waals surface area (Å²) < 4.78 is 38.0. The Hall–Kier alpha value is -1.11. The molecule has 4 rings (SSSR count). The van der Waals surface area contributed by atoms with E-state index in [0.717, 1.165) is 42.4 Å². The third-order valence-electron chi connectivity index (χ3n) is 6.07. The van der Waals surface area contributed by atoms with Crippen molar-refractivity contribution in [1.82, 2.24) is 9.88 Å². The number of halogens is 3. The molecule has 24 heavy (non-hydrogen) atoms. The molecule has 1 amide bonds. The van der Waals surface area contributed by atoms with Crippen molar-refractivity contribution in [2.45, 2.75) is 57.0 Å². The monoisotopic (exact) mass is 358 g/mol. The van der Waals surface area contributed by atoms with Gasteiger partial charge in [0.2, 0.25) is 5.91 Å². The molecule has 132 valence electrons. The van der Waals surface area contributed by atoms with Gasteiger partial charge in [-0.25, -0.2) is 4.98 Å². The van der Waals surface area contributed by atoms with E-state index in [9.17, 15) is 18.0 Å². The summed E-state index contributed by atoms with van der Waals surface area (Å²) in [5, 5.41) is 1.66. The number of hydrogen-bond donors (Lipinski definition) is 0. The standard InChI is InChI=1S/C17H21F3N2OS/c18-17(19,20)13-10-24-14(21-13)11-3-8-22(9-4-11)15(23)12-2-1-5-16(12)6-7-16/h10-12H,1-9H2/t12-/m1/s1. The highest BCUT2D eigenvalue weighted by Gasteiger charge is 2.55. The van der Waals surface area contributed by atoms with Crippen LogP contribution < -0.4 is 0 Å². The van der Waals surface area contributed by atoms with Gasteiger partial charge in [0, 0.05) is 30.3 Å². The predicted molar refractivity (Wildman–Crippen MR) is 84.7 cm³/mol. The summed E-state index contributed by atoms with van der Waals surface area (Å²) in [6.07, 6.45) is 2.82. The van der Waals surface area contributed by atoms with Crippen LogP contribution in [0.5, 0.6) is 0 Å². The number of thiazole rings is 1. The number of carbonyl (C=O) groups is 1. The van der Waals surface area contributed by atoms with Gasteiger partial charge >= 0.3 is 6.18 Å². The van der Waals surface area contributed by atoms with E-state index in [0.29, 0.717) is 29.4 Å². The molecule has 1 spiro atoms. The molecular weight excluding hydrogens is 337 g/mol. The minimum Gasteiger partial charge on any atom is -0.342 e. The smallest absolute Gasteiger partial charge is 0.342 e. The molecule has 0 aromatic carbocycles. The summed E-state index contributed by atoms with van der Waals surface area (Å²) in [5.74, 6) is 0.540. The summed E-state index contributed by atoms with van der Waals surface area (Å²) in [6.45, 7) is 1.30. The number of carbonyl (C=O) groups excluding carboxylic acids is 1. The second kappa shape index (κ2) is 5.71. The first-order valence-corrected chi connectivity index (χ1v) is 9.58. The van der Waals surface area contributed by atoms with E-state index < -0.39 is 11.9 Å². The minimum absolute atomic E-state index is 0.0496.